The molecule has 2 atom stereocenters. The number of rotatable bonds is 5. The highest BCUT2D eigenvalue weighted by molar-refractivity contribution is 7.80. The van der Waals surface area contributed by atoms with Gasteiger partial charge in [0.1, 0.15) is 11.5 Å². The van der Waals surface area contributed by atoms with Gasteiger partial charge in [0.2, 0.25) is 0 Å². The smallest absolute Gasteiger partial charge is 0.170 e. The van der Waals surface area contributed by atoms with E-state index in [0.717, 1.165) is 36.6 Å². The second-order valence-corrected chi connectivity index (χ2v) is 7.90. The first-order valence-electron chi connectivity index (χ1n) is 9.71. The number of anilines is 1. The Bertz CT molecular complexity index is 751. The van der Waals surface area contributed by atoms with Crippen LogP contribution < -0.4 is 15.4 Å². The van der Waals surface area contributed by atoms with Crippen LogP contribution in [0.1, 0.15) is 37.9 Å². The van der Waals surface area contributed by atoms with E-state index in [1.165, 1.54) is 19.3 Å². The van der Waals surface area contributed by atoms with E-state index in [1.54, 1.807) is 13.4 Å². The lowest BCUT2D eigenvalue weighted by Gasteiger charge is -2.48. The first-order chi connectivity index (χ1) is 13.2. The molecule has 2 unspecified atom stereocenters. The van der Waals surface area contributed by atoms with E-state index < -0.39 is 0 Å². The quantitative estimate of drug-likeness (QED) is 0.754. The van der Waals surface area contributed by atoms with Gasteiger partial charge in [0.15, 0.2) is 5.11 Å². The maximum absolute atomic E-state index is 5.58. The summed E-state index contributed by atoms with van der Waals surface area (Å²) in [6, 6.07) is 13.5. The van der Waals surface area contributed by atoms with Crippen molar-refractivity contribution in [3.8, 4) is 5.75 Å². The standard InChI is InChI=1S/C21H27N3O2S/c1-25-19-8-2-5-15(13-19)22-21(27)23-16-11-17-6-3-7-18(12-16)24(17)14-20-9-4-10-26-20/h2,4-5,8-10,13,16-18H,3,6-7,11-12,14H2,1H3,(H2,22,23,27). The van der Waals surface area contributed by atoms with Gasteiger partial charge in [-0.1, -0.05) is 12.5 Å². The van der Waals surface area contributed by atoms with E-state index in [-0.39, 0.29) is 0 Å². The molecule has 0 amide bonds. The molecular formula is C21H27N3O2S. The average Bonchev–Trinajstić information content (AvgIpc) is 3.15. The Balaban J connectivity index is 1.34. The number of ether oxygens (including phenoxy) is 1. The minimum Gasteiger partial charge on any atom is -0.497 e. The van der Waals surface area contributed by atoms with Crippen molar-refractivity contribution < 1.29 is 9.15 Å². The first kappa shape index (κ1) is 18.3. The minimum atomic E-state index is 0.416. The summed E-state index contributed by atoms with van der Waals surface area (Å²) in [5, 5.41) is 7.52. The fourth-order valence-electron chi connectivity index (χ4n) is 4.49. The molecule has 2 bridgehead atoms. The third kappa shape index (κ3) is 4.45. The van der Waals surface area contributed by atoms with Crippen molar-refractivity contribution in [2.75, 3.05) is 12.4 Å². The summed E-state index contributed by atoms with van der Waals surface area (Å²) in [5.74, 6) is 1.89. The number of hydrogen-bond acceptors (Lipinski definition) is 4. The molecule has 144 valence electrons. The first-order valence-corrected chi connectivity index (χ1v) is 10.1. The molecule has 2 N–H and O–H groups in total. The Kier molecular flexibility index (Phi) is 5.64. The summed E-state index contributed by atoms with van der Waals surface area (Å²) in [7, 11) is 1.67. The van der Waals surface area contributed by atoms with Crippen LogP contribution in [0.2, 0.25) is 0 Å². The van der Waals surface area contributed by atoms with Crippen molar-refractivity contribution in [3.05, 3.63) is 48.4 Å². The molecule has 2 saturated heterocycles. The Labute approximate surface area is 166 Å². The minimum absolute atomic E-state index is 0.416. The Morgan fingerprint density at radius 1 is 1.22 bits per heavy atom. The van der Waals surface area contributed by atoms with Crippen LogP contribution in [0.5, 0.6) is 5.75 Å². The lowest BCUT2D eigenvalue weighted by atomic mass is 9.81. The zero-order valence-corrected chi connectivity index (χ0v) is 16.5. The molecule has 3 heterocycles. The van der Waals surface area contributed by atoms with E-state index >= 15 is 0 Å². The van der Waals surface area contributed by atoms with Crippen molar-refractivity contribution in [1.29, 1.82) is 0 Å². The number of hydrogen-bond donors (Lipinski definition) is 2. The van der Waals surface area contributed by atoms with Crippen LogP contribution in [0.25, 0.3) is 0 Å². The Morgan fingerprint density at radius 2 is 2.04 bits per heavy atom. The monoisotopic (exact) mass is 385 g/mol. The number of nitrogens with zero attached hydrogens (tertiary/aromatic N) is 1. The van der Waals surface area contributed by atoms with E-state index in [9.17, 15) is 0 Å². The fraction of sp³-hybridized carbons (Fsp3) is 0.476. The number of thiocarbonyl (C=S) groups is 1. The zero-order valence-electron chi connectivity index (χ0n) is 15.7. The SMILES string of the molecule is COc1cccc(NC(=S)NC2CC3CCCC(C2)N3Cc2ccco2)c1. The van der Waals surface area contributed by atoms with Gasteiger partial charge in [0.05, 0.1) is 19.9 Å². The molecule has 0 radical (unpaired) electrons. The molecule has 2 aliphatic rings. The highest BCUT2D eigenvalue weighted by Gasteiger charge is 2.38. The highest BCUT2D eigenvalue weighted by Crippen LogP contribution is 2.35. The van der Waals surface area contributed by atoms with E-state index in [0.29, 0.717) is 23.2 Å². The summed E-state index contributed by atoms with van der Waals surface area (Å²) in [6.07, 6.45) is 7.84. The van der Waals surface area contributed by atoms with Crippen molar-refractivity contribution in [3.63, 3.8) is 0 Å². The van der Waals surface area contributed by atoms with Gasteiger partial charge in [-0.15, -0.1) is 0 Å². The summed E-state index contributed by atoms with van der Waals surface area (Å²) in [4.78, 5) is 2.64. The van der Waals surface area contributed by atoms with Gasteiger partial charge in [0, 0.05) is 29.9 Å². The molecule has 1 aromatic carbocycles. The molecule has 0 saturated carbocycles. The van der Waals surface area contributed by atoms with E-state index in [2.05, 4.69) is 21.6 Å². The van der Waals surface area contributed by atoms with Gasteiger partial charge in [-0.2, -0.15) is 0 Å². The Hall–Kier alpha value is -2.05. The molecule has 2 aliphatic heterocycles. The fourth-order valence-corrected chi connectivity index (χ4v) is 4.77. The van der Waals surface area contributed by atoms with Gasteiger partial charge >= 0.3 is 0 Å². The summed E-state index contributed by atoms with van der Waals surface area (Å²) >= 11 is 5.56. The van der Waals surface area contributed by atoms with Crippen molar-refractivity contribution in [1.82, 2.24) is 10.2 Å². The molecule has 0 spiro atoms. The van der Waals surface area contributed by atoms with Gasteiger partial charge in [-0.3, -0.25) is 4.90 Å². The van der Waals surface area contributed by atoms with Crippen LogP contribution in [-0.4, -0.2) is 35.2 Å². The van der Waals surface area contributed by atoms with Gasteiger partial charge in [-0.05, 0) is 62.2 Å². The van der Waals surface area contributed by atoms with Gasteiger partial charge < -0.3 is 19.8 Å². The number of piperidine rings is 2. The second-order valence-electron chi connectivity index (χ2n) is 7.49. The number of benzene rings is 1. The molecule has 0 aliphatic carbocycles. The molecule has 2 fully saturated rings. The molecule has 5 nitrogen and oxygen atoms in total. The molecule has 4 rings (SSSR count). The second kappa shape index (κ2) is 8.31. The summed E-state index contributed by atoms with van der Waals surface area (Å²) < 4.78 is 10.9. The summed E-state index contributed by atoms with van der Waals surface area (Å²) in [6.45, 7) is 0.918. The number of methoxy groups -OCH3 is 1. The normalized spacial score (nSPS) is 25.0. The van der Waals surface area contributed by atoms with Crippen molar-refractivity contribution >= 4 is 23.0 Å². The van der Waals surface area contributed by atoms with Gasteiger partial charge in [0.25, 0.3) is 0 Å². The highest BCUT2D eigenvalue weighted by atomic mass is 32.1. The predicted molar refractivity (Wildman–Crippen MR) is 111 cm³/mol. The third-order valence-corrected chi connectivity index (χ3v) is 5.93. The third-order valence-electron chi connectivity index (χ3n) is 5.71. The van der Waals surface area contributed by atoms with Crippen LogP contribution in [-0.2, 0) is 6.54 Å². The average molecular weight is 386 g/mol. The van der Waals surface area contributed by atoms with Crippen LogP contribution >= 0.6 is 12.2 Å². The molecule has 2 aromatic rings. The number of fused-ring (bicyclic) bond motifs is 2. The van der Waals surface area contributed by atoms with Crippen LogP contribution in [0.15, 0.2) is 47.1 Å². The van der Waals surface area contributed by atoms with Crippen LogP contribution in [0, 0.1) is 0 Å². The number of furan rings is 1. The van der Waals surface area contributed by atoms with Crippen molar-refractivity contribution in [2.24, 2.45) is 0 Å². The largest absolute Gasteiger partial charge is 0.497 e. The summed E-state index contributed by atoms with van der Waals surface area (Å²) in [5.41, 5.74) is 0.947. The molecule has 6 heteroatoms. The molecular weight excluding hydrogens is 358 g/mol. The molecule has 1 aromatic heterocycles. The molecule has 27 heavy (non-hydrogen) atoms. The van der Waals surface area contributed by atoms with E-state index in [1.807, 2.05) is 30.3 Å². The lowest BCUT2D eigenvalue weighted by Crippen LogP contribution is -2.56. The van der Waals surface area contributed by atoms with E-state index in [4.69, 9.17) is 21.4 Å². The topological polar surface area (TPSA) is 49.7 Å². The lowest BCUT2D eigenvalue weighted by molar-refractivity contribution is 0.0161. The zero-order chi connectivity index (χ0) is 18.6. The van der Waals surface area contributed by atoms with Crippen molar-refractivity contribution in [2.45, 2.75) is 56.8 Å². The number of nitrogens with one attached hydrogen (secondary N) is 2. The van der Waals surface area contributed by atoms with Gasteiger partial charge in [-0.25, -0.2) is 0 Å². The predicted octanol–water partition coefficient (Wildman–Crippen LogP) is 4.16. The maximum atomic E-state index is 5.58. The van der Waals surface area contributed by atoms with Crippen LogP contribution in [0.3, 0.4) is 0 Å². The van der Waals surface area contributed by atoms with Crippen LogP contribution in [0.4, 0.5) is 5.69 Å². The maximum Gasteiger partial charge on any atom is 0.170 e. The Morgan fingerprint density at radius 3 is 2.74 bits per heavy atom.